The number of hydrogen-bond acceptors (Lipinski definition) is 5. The van der Waals surface area contributed by atoms with Crippen molar-refractivity contribution in [1.82, 2.24) is 10.0 Å². The second-order valence-corrected chi connectivity index (χ2v) is 5.60. The van der Waals surface area contributed by atoms with Crippen LogP contribution in [0.15, 0.2) is 35.7 Å². The Hall–Kier alpha value is -2.35. The maximum absolute atomic E-state index is 11.8. The van der Waals surface area contributed by atoms with Crippen LogP contribution in [0.3, 0.4) is 0 Å². The molecule has 0 heterocycles. The number of rotatable bonds is 5. The lowest BCUT2D eigenvalue weighted by Crippen LogP contribution is -2.41. The van der Waals surface area contributed by atoms with Gasteiger partial charge in [-0.25, -0.2) is 17.9 Å². The summed E-state index contributed by atoms with van der Waals surface area (Å²) in [6.45, 7) is 1.19. The van der Waals surface area contributed by atoms with Gasteiger partial charge in [-0.1, -0.05) is 30.3 Å². The van der Waals surface area contributed by atoms with Gasteiger partial charge in [-0.3, -0.25) is 4.79 Å². The third kappa shape index (κ3) is 6.09. The van der Waals surface area contributed by atoms with Gasteiger partial charge < -0.3 is 10.1 Å². The van der Waals surface area contributed by atoms with Gasteiger partial charge in [0.15, 0.2) is 0 Å². The number of amides is 2. The molecule has 21 heavy (non-hydrogen) atoms. The molecule has 0 aliphatic carbocycles. The fourth-order valence-electron chi connectivity index (χ4n) is 1.42. The quantitative estimate of drug-likeness (QED) is 0.785. The molecular formula is C13H16N2O5S. The molecule has 0 aliphatic rings. The maximum atomic E-state index is 11.8. The molecule has 1 rings (SSSR count). The van der Waals surface area contributed by atoms with Crippen molar-refractivity contribution < 1.29 is 22.7 Å². The average Bonchev–Trinajstić information content (AvgIpc) is 2.44. The summed E-state index contributed by atoms with van der Waals surface area (Å²) in [6, 6.07) is 7.85. The average molecular weight is 312 g/mol. The van der Waals surface area contributed by atoms with Crippen molar-refractivity contribution in [2.24, 2.45) is 0 Å². The number of methoxy groups -OCH3 is 1. The Bertz CT molecular complexity index is 638. The second kappa shape index (κ2) is 7.44. The number of allylic oxidation sites excluding steroid dienone is 1. The van der Waals surface area contributed by atoms with Crippen molar-refractivity contribution in [2.45, 2.75) is 6.92 Å². The number of urea groups is 1. The summed E-state index contributed by atoms with van der Waals surface area (Å²) < 4.78 is 29.6. The van der Waals surface area contributed by atoms with E-state index >= 15 is 0 Å². The van der Waals surface area contributed by atoms with E-state index in [2.05, 4.69) is 10.1 Å². The van der Waals surface area contributed by atoms with Crippen LogP contribution in [0.2, 0.25) is 0 Å². The molecule has 0 saturated heterocycles. The van der Waals surface area contributed by atoms with E-state index in [-0.39, 0.29) is 0 Å². The van der Waals surface area contributed by atoms with E-state index in [0.29, 0.717) is 5.57 Å². The monoisotopic (exact) mass is 312 g/mol. The van der Waals surface area contributed by atoms with Crippen molar-refractivity contribution >= 4 is 27.6 Å². The summed E-state index contributed by atoms with van der Waals surface area (Å²) in [5.74, 6) is -0.682. The van der Waals surface area contributed by atoms with E-state index in [1.165, 1.54) is 0 Å². The van der Waals surface area contributed by atoms with E-state index in [0.717, 1.165) is 18.1 Å². The number of carbonyl (C=O) groups is 2. The zero-order chi connectivity index (χ0) is 15.9. The standard InChI is InChI=1S/C13H16N2O5S/c1-10(11-6-4-3-5-7-11)9-21(18,19)15-13(17)14-8-12(16)20-2/h3-7,9H,8H2,1-2H3,(H2,14,15,17). The van der Waals surface area contributed by atoms with Crippen LogP contribution in [-0.2, 0) is 19.6 Å². The van der Waals surface area contributed by atoms with Crippen LogP contribution in [0, 0.1) is 0 Å². The lowest BCUT2D eigenvalue weighted by molar-refractivity contribution is -0.139. The van der Waals surface area contributed by atoms with Gasteiger partial charge in [0.1, 0.15) is 6.54 Å². The zero-order valence-corrected chi connectivity index (χ0v) is 12.4. The van der Waals surface area contributed by atoms with Crippen LogP contribution in [0.25, 0.3) is 5.57 Å². The van der Waals surface area contributed by atoms with Gasteiger partial charge in [0.2, 0.25) is 0 Å². The second-order valence-electron chi connectivity index (χ2n) is 4.07. The lowest BCUT2D eigenvalue weighted by Gasteiger charge is -2.06. The lowest BCUT2D eigenvalue weighted by atomic mass is 10.1. The Morgan fingerprint density at radius 1 is 1.24 bits per heavy atom. The van der Waals surface area contributed by atoms with Crippen LogP contribution in [-0.4, -0.2) is 34.1 Å². The van der Waals surface area contributed by atoms with Gasteiger partial charge in [0.05, 0.1) is 12.5 Å². The third-order valence-electron chi connectivity index (χ3n) is 2.42. The zero-order valence-electron chi connectivity index (χ0n) is 11.6. The Morgan fingerprint density at radius 3 is 2.43 bits per heavy atom. The molecule has 0 aliphatic heterocycles. The Labute approximate surface area is 123 Å². The summed E-state index contributed by atoms with van der Waals surface area (Å²) in [7, 11) is -2.80. The molecule has 1 aromatic rings. The number of sulfonamides is 1. The van der Waals surface area contributed by atoms with Crippen LogP contribution >= 0.6 is 0 Å². The fourth-order valence-corrected chi connectivity index (χ4v) is 2.41. The first-order chi connectivity index (χ1) is 9.84. The Morgan fingerprint density at radius 2 is 1.86 bits per heavy atom. The smallest absolute Gasteiger partial charge is 0.329 e. The first kappa shape index (κ1) is 16.7. The summed E-state index contributed by atoms with van der Waals surface area (Å²) in [5.41, 5.74) is 1.20. The molecule has 2 N–H and O–H groups in total. The highest BCUT2D eigenvalue weighted by atomic mass is 32.2. The molecule has 0 radical (unpaired) electrons. The summed E-state index contributed by atoms with van der Waals surface area (Å²) in [4.78, 5) is 22.2. The molecule has 8 heteroatoms. The minimum Gasteiger partial charge on any atom is -0.468 e. The van der Waals surface area contributed by atoms with E-state index in [1.807, 2.05) is 6.07 Å². The van der Waals surface area contributed by atoms with Gasteiger partial charge in [-0.05, 0) is 18.1 Å². The van der Waals surface area contributed by atoms with Gasteiger partial charge >= 0.3 is 12.0 Å². The molecule has 2 amide bonds. The van der Waals surface area contributed by atoms with Crippen LogP contribution < -0.4 is 10.0 Å². The van der Waals surface area contributed by atoms with E-state index in [9.17, 15) is 18.0 Å². The third-order valence-corrected chi connectivity index (χ3v) is 3.55. The minimum atomic E-state index is -3.96. The van der Waals surface area contributed by atoms with E-state index < -0.39 is 28.6 Å². The molecule has 1 aromatic carbocycles. The van der Waals surface area contributed by atoms with Gasteiger partial charge in [0.25, 0.3) is 10.0 Å². The number of nitrogens with one attached hydrogen (secondary N) is 2. The van der Waals surface area contributed by atoms with Gasteiger partial charge in [0, 0.05) is 0 Å². The van der Waals surface area contributed by atoms with Gasteiger partial charge in [-0.2, -0.15) is 0 Å². The number of carbonyl (C=O) groups excluding carboxylic acids is 2. The van der Waals surface area contributed by atoms with Crippen molar-refractivity contribution in [3.63, 3.8) is 0 Å². The minimum absolute atomic E-state index is 0.417. The summed E-state index contributed by atoms with van der Waals surface area (Å²) in [5, 5.41) is 3.01. The number of benzene rings is 1. The highest BCUT2D eigenvalue weighted by Crippen LogP contribution is 2.13. The predicted octanol–water partition coefficient (Wildman–Crippen LogP) is 0.849. The molecule has 114 valence electrons. The SMILES string of the molecule is COC(=O)CNC(=O)NS(=O)(=O)C=C(C)c1ccccc1. The normalized spacial score (nSPS) is 11.6. The van der Waals surface area contributed by atoms with Crippen LogP contribution in [0.5, 0.6) is 0 Å². The Kier molecular flexibility index (Phi) is 5.92. The van der Waals surface area contributed by atoms with E-state index in [1.54, 1.807) is 35.9 Å². The summed E-state index contributed by atoms with van der Waals surface area (Å²) >= 11 is 0. The topological polar surface area (TPSA) is 102 Å². The highest BCUT2D eigenvalue weighted by molar-refractivity contribution is 7.93. The number of hydrogen-bond donors (Lipinski definition) is 2. The Balaban J connectivity index is 2.69. The molecule has 0 bridgehead atoms. The molecule has 0 fully saturated rings. The van der Waals surface area contributed by atoms with Crippen molar-refractivity contribution in [2.75, 3.05) is 13.7 Å². The maximum Gasteiger partial charge on any atom is 0.329 e. The molecule has 0 spiro atoms. The van der Waals surface area contributed by atoms with Crippen molar-refractivity contribution in [1.29, 1.82) is 0 Å². The van der Waals surface area contributed by atoms with E-state index in [4.69, 9.17) is 0 Å². The molecule has 0 unspecified atom stereocenters. The van der Waals surface area contributed by atoms with Crippen LogP contribution in [0.1, 0.15) is 12.5 Å². The van der Waals surface area contributed by atoms with Gasteiger partial charge in [-0.15, -0.1) is 0 Å². The largest absolute Gasteiger partial charge is 0.468 e. The fraction of sp³-hybridized carbons (Fsp3) is 0.231. The molecular weight excluding hydrogens is 296 g/mol. The summed E-state index contributed by atoms with van der Waals surface area (Å²) in [6.07, 6.45) is 0. The van der Waals surface area contributed by atoms with Crippen LogP contribution in [0.4, 0.5) is 4.79 Å². The molecule has 7 nitrogen and oxygen atoms in total. The number of esters is 1. The molecule has 0 atom stereocenters. The first-order valence-electron chi connectivity index (χ1n) is 5.95. The number of ether oxygens (including phenoxy) is 1. The highest BCUT2D eigenvalue weighted by Gasteiger charge is 2.13. The van der Waals surface area contributed by atoms with Crippen molar-refractivity contribution in [3.8, 4) is 0 Å². The first-order valence-corrected chi connectivity index (χ1v) is 7.50. The van der Waals surface area contributed by atoms with Crippen molar-refractivity contribution in [3.05, 3.63) is 41.3 Å². The predicted molar refractivity (Wildman–Crippen MR) is 77.6 cm³/mol. The molecule has 0 saturated carbocycles. The molecule has 0 aromatic heterocycles.